The lowest BCUT2D eigenvalue weighted by Gasteiger charge is -2.05. The Kier molecular flexibility index (Phi) is 3.92. The maximum Gasteiger partial charge on any atom is 0.195 e. The van der Waals surface area contributed by atoms with Gasteiger partial charge in [0.25, 0.3) is 0 Å². The lowest BCUT2D eigenvalue weighted by molar-refractivity contribution is 0.384. The first kappa shape index (κ1) is 10.2. The van der Waals surface area contributed by atoms with Gasteiger partial charge in [-0.2, -0.15) is 0 Å². The molecule has 1 heterocycles. The van der Waals surface area contributed by atoms with Crippen molar-refractivity contribution in [2.24, 2.45) is 0 Å². The van der Waals surface area contributed by atoms with E-state index in [9.17, 15) is 0 Å². The smallest absolute Gasteiger partial charge is 0.195 e. The Bertz CT molecular complexity index is 245. The molecular weight excluding hydrogens is 166 g/mol. The topological polar surface area (TPSA) is 41.3 Å². The Morgan fingerprint density at radius 1 is 1.54 bits per heavy atom. The molecule has 0 spiro atoms. The van der Waals surface area contributed by atoms with Crippen molar-refractivity contribution >= 4 is 0 Å². The van der Waals surface area contributed by atoms with E-state index in [0.29, 0.717) is 0 Å². The molecule has 13 heavy (non-hydrogen) atoms. The molecule has 0 aliphatic heterocycles. The van der Waals surface area contributed by atoms with Gasteiger partial charge in [-0.15, -0.1) is 0 Å². The van der Waals surface area contributed by atoms with Gasteiger partial charge >= 0.3 is 0 Å². The molecule has 0 saturated heterocycles. The van der Waals surface area contributed by atoms with Crippen LogP contribution < -0.4 is 5.32 Å². The van der Waals surface area contributed by atoms with Gasteiger partial charge in [0, 0.05) is 19.5 Å². The Balaban J connectivity index is 2.39. The number of aromatic nitrogens is 1. The van der Waals surface area contributed by atoms with E-state index >= 15 is 0 Å². The average Bonchev–Trinajstić information content (AvgIpc) is 2.50. The Morgan fingerprint density at radius 2 is 2.31 bits per heavy atom. The van der Waals surface area contributed by atoms with Crippen molar-refractivity contribution in [3.8, 4) is 0 Å². The summed E-state index contributed by atoms with van der Waals surface area (Å²) in [5.74, 6) is 0.818. The summed E-state index contributed by atoms with van der Waals surface area (Å²) in [6.45, 7) is 1.74. The van der Waals surface area contributed by atoms with Crippen LogP contribution in [-0.2, 0) is 13.0 Å². The second-order valence-electron chi connectivity index (χ2n) is 3.32. The second kappa shape index (κ2) is 4.99. The van der Waals surface area contributed by atoms with Crippen LogP contribution in [0.4, 0.5) is 0 Å². The van der Waals surface area contributed by atoms with Crippen LogP contribution >= 0.6 is 0 Å². The summed E-state index contributed by atoms with van der Waals surface area (Å²) >= 11 is 0. The van der Waals surface area contributed by atoms with Crippen molar-refractivity contribution < 1.29 is 4.42 Å². The highest BCUT2D eigenvalue weighted by molar-refractivity contribution is 4.96. The standard InChI is InChI=1S/C9H17N3O/c1-10-6-8-7-13-9(11-8)4-5-12(2)3/h7,10H,4-6H2,1-3H3. The lowest BCUT2D eigenvalue weighted by atomic mass is 10.4. The molecule has 0 atom stereocenters. The van der Waals surface area contributed by atoms with Crippen LogP contribution in [0.25, 0.3) is 0 Å². The van der Waals surface area contributed by atoms with Crippen LogP contribution in [0.3, 0.4) is 0 Å². The fraction of sp³-hybridized carbons (Fsp3) is 0.667. The van der Waals surface area contributed by atoms with E-state index in [1.165, 1.54) is 0 Å². The minimum atomic E-state index is 0.769. The van der Waals surface area contributed by atoms with Gasteiger partial charge in [0.2, 0.25) is 0 Å². The third kappa shape index (κ3) is 3.57. The zero-order valence-corrected chi connectivity index (χ0v) is 8.50. The van der Waals surface area contributed by atoms with Crippen molar-refractivity contribution in [2.75, 3.05) is 27.7 Å². The molecule has 0 aliphatic rings. The molecule has 0 unspecified atom stereocenters. The fourth-order valence-electron chi connectivity index (χ4n) is 1.05. The summed E-state index contributed by atoms with van der Waals surface area (Å²) in [6, 6.07) is 0. The van der Waals surface area contributed by atoms with E-state index in [0.717, 1.165) is 31.1 Å². The molecule has 0 fully saturated rings. The van der Waals surface area contributed by atoms with E-state index in [2.05, 4.69) is 15.2 Å². The molecular formula is C9H17N3O. The normalized spacial score (nSPS) is 11.1. The van der Waals surface area contributed by atoms with Gasteiger partial charge in [0.1, 0.15) is 6.26 Å². The molecule has 4 nitrogen and oxygen atoms in total. The van der Waals surface area contributed by atoms with Gasteiger partial charge in [0.15, 0.2) is 5.89 Å². The average molecular weight is 183 g/mol. The van der Waals surface area contributed by atoms with Crippen LogP contribution in [0.5, 0.6) is 0 Å². The summed E-state index contributed by atoms with van der Waals surface area (Å²) in [6.07, 6.45) is 2.58. The monoisotopic (exact) mass is 183 g/mol. The van der Waals surface area contributed by atoms with Gasteiger partial charge in [-0.3, -0.25) is 0 Å². The summed E-state index contributed by atoms with van der Waals surface area (Å²) in [4.78, 5) is 6.43. The summed E-state index contributed by atoms with van der Waals surface area (Å²) < 4.78 is 5.29. The van der Waals surface area contributed by atoms with Gasteiger partial charge in [-0.05, 0) is 21.1 Å². The molecule has 1 N–H and O–H groups in total. The summed E-state index contributed by atoms with van der Waals surface area (Å²) in [7, 11) is 5.98. The minimum Gasteiger partial charge on any atom is -0.449 e. The number of likely N-dealkylation sites (N-methyl/N-ethyl adjacent to an activating group) is 1. The second-order valence-corrected chi connectivity index (χ2v) is 3.32. The summed E-state index contributed by atoms with van der Waals surface area (Å²) in [5.41, 5.74) is 0.969. The van der Waals surface area contributed by atoms with Gasteiger partial charge in [0.05, 0.1) is 5.69 Å². The van der Waals surface area contributed by atoms with Crippen LogP contribution in [0, 0.1) is 0 Å². The van der Waals surface area contributed by atoms with Gasteiger partial charge in [-0.1, -0.05) is 0 Å². The van der Waals surface area contributed by atoms with Crippen molar-refractivity contribution in [1.29, 1.82) is 0 Å². The van der Waals surface area contributed by atoms with Crippen molar-refractivity contribution in [1.82, 2.24) is 15.2 Å². The third-order valence-corrected chi connectivity index (χ3v) is 1.73. The number of nitrogens with one attached hydrogen (secondary N) is 1. The predicted molar refractivity (Wildman–Crippen MR) is 51.5 cm³/mol. The minimum absolute atomic E-state index is 0.769. The molecule has 0 aliphatic carbocycles. The van der Waals surface area contributed by atoms with E-state index in [1.807, 2.05) is 21.1 Å². The molecule has 0 radical (unpaired) electrons. The SMILES string of the molecule is CNCc1coc(CCN(C)C)n1. The van der Waals surface area contributed by atoms with Crippen molar-refractivity contribution in [3.63, 3.8) is 0 Å². The Labute approximate surface area is 78.9 Å². The molecule has 74 valence electrons. The number of hydrogen-bond acceptors (Lipinski definition) is 4. The first-order valence-corrected chi connectivity index (χ1v) is 4.45. The molecule has 0 amide bonds. The molecule has 1 aromatic heterocycles. The van der Waals surface area contributed by atoms with E-state index in [-0.39, 0.29) is 0 Å². The zero-order valence-electron chi connectivity index (χ0n) is 8.50. The number of hydrogen-bond donors (Lipinski definition) is 1. The molecule has 0 saturated carbocycles. The van der Waals surface area contributed by atoms with E-state index in [4.69, 9.17) is 4.42 Å². The van der Waals surface area contributed by atoms with Crippen LogP contribution in [-0.4, -0.2) is 37.6 Å². The maximum atomic E-state index is 5.29. The summed E-state index contributed by atoms with van der Waals surface area (Å²) in [5, 5.41) is 3.03. The predicted octanol–water partition coefficient (Wildman–Crippen LogP) is 0.498. The maximum absolute atomic E-state index is 5.29. The van der Waals surface area contributed by atoms with Crippen molar-refractivity contribution in [2.45, 2.75) is 13.0 Å². The molecule has 1 aromatic rings. The van der Waals surface area contributed by atoms with Crippen LogP contribution in [0.2, 0.25) is 0 Å². The fourth-order valence-corrected chi connectivity index (χ4v) is 1.05. The Morgan fingerprint density at radius 3 is 2.92 bits per heavy atom. The third-order valence-electron chi connectivity index (χ3n) is 1.73. The zero-order chi connectivity index (χ0) is 9.68. The van der Waals surface area contributed by atoms with Crippen LogP contribution in [0.15, 0.2) is 10.7 Å². The molecule has 4 heteroatoms. The van der Waals surface area contributed by atoms with Crippen molar-refractivity contribution in [3.05, 3.63) is 17.8 Å². The highest BCUT2D eigenvalue weighted by Gasteiger charge is 2.02. The van der Waals surface area contributed by atoms with Gasteiger partial charge in [-0.25, -0.2) is 4.98 Å². The molecule has 0 aromatic carbocycles. The van der Waals surface area contributed by atoms with E-state index < -0.39 is 0 Å². The number of nitrogens with zero attached hydrogens (tertiary/aromatic N) is 2. The molecule has 0 bridgehead atoms. The van der Waals surface area contributed by atoms with Crippen LogP contribution in [0.1, 0.15) is 11.6 Å². The Hall–Kier alpha value is -0.870. The van der Waals surface area contributed by atoms with Gasteiger partial charge < -0.3 is 14.6 Å². The quantitative estimate of drug-likeness (QED) is 0.721. The largest absolute Gasteiger partial charge is 0.449 e. The lowest BCUT2D eigenvalue weighted by Crippen LogP contribution is -2.15. The molecule has 1 rings (SSSR count). The number of rotatable bonds is 5. The first-order valence-electron chi connectivity index (χ1n) is 4.45. The first-order chi connectivity index (χ1) is 6.22. The number of oxazole rings is 1. The highest BCUT2D eigenvalue weighted by Crippen LogP contribution is 2.02. The highest BCUT2D eigenvalue weighted by atomic mass is 16.3. The van der Waals surface area contributed by atoms with E-state index in [1.54, 1.807) is 6.26 Å².